The van der Waals surface area contributed by atoms with E-state index in [4.69, 9.17) is 27.9 Å². The van der Waals surface area contributed by atoms with E-state index in [2.05, 4.69) is 6.58 Å². The Balaban J connectivity index is 1.98. The molecule has 0 bridgehead atoms. The monoisotopic (exact) mass is 360 g/mol. The van der Waals surface area contributed by atoms with Gasteiger partial charge in [0.15, 0.2) is 0 Å². The van der Waals surface area contributed by atoms with Gasteiger partial charge in [0.05, 0.1) is 5.92 Å². The van der Waals surface area contributed by atoms with Gasteiger partial charge < -0.3 is 4.74 Å². The van der Waals surface area contributed by atoms with Crippen LogP contribution in [0, 0.1) is 5.92 Å². The summed E-state index contributed by atoms with van der Waals surface area (Å²) in [4.78, 5) is 12.4. The normalized spacial score (nSPS) is 23.6. The van der Waals surface area contributed by atoms with E-state index in [1.54, 1.807) is 6.08 Å². The molecule has 0 aliphatic carbocycles. The van der Waals surface area contributed by atoms with E-state index < -0.39 is 0 Å². The minimum Gasteiger partial charge on any atom is -0.457 e. The number of benzene rings is 2. The van der Waals surface area contributed by atoms with Gasteiger partial charge in [-0.25, -0.2) is 0 Å². The number of cyclic esters (lactones) is 1. The molecule has 1 aliphatic heterocycles. The topological polar surface area (TPSA) is 26.3 Å². The molecule has 0 aromatic heterocycles. The molecule has 0 amide bonds. The summed E-state index contributed by atoms with van der Waals surface area (Å²) in [7, 11) is 0. The first kappa shape index (κ1) is 17.1. The van der Waals surface area contributed by atoms with E-state index in [0.717, 1.165) is 11.1 Å². The molecular weight excluding hydrogens is 343 g/mol. The second-order valence-electron chi connectivity index (χ2n) is 6.03. The zero-order valence-electron chi connectivity index (χ0n) is 13.1. The highest BCUT2D eigenvalue weighted by atomic mass is 35.5. The molecular formula is C20H18Cl2O2. The van der Waals surface area contributed by atoms with Gasteiger partial charge in [-0.05, 0) is 48.2 Å². The lowest BCUT2D eigenvalue weighted by Gasteiger charge is -2.36. The molecule has 4 heteroatoms. The van der Waals surface area contributed by atoms with E-state index in [1.165, 1.54) is 0 Å². The summed E-state index contributed by atoms with van der Waals surface area (Å²) in [5.41, 5.74) is 2.01. The van der Waals surface area contributed by atoms with Crippen LogP contribution in [-0.2, 0) is 9.53 Å². The van der Waals surface area contributed by atoms with E-state index in [-0.39, 0.29) is 23.9 Å². The summed E-state index contributed by atoms with van der Waals surface area (Å²) in [5, 5.41) is 1.34. The van der Waals surface area contributed by atoms with Crippen LogP contribution < -0.4 is 0 Å². The van der Waals surface area contributed by atoms with Crippen molar-refractivity contribution in [2.75, 3.05) is 0 Å². The van der Waals surface area contributed by atoms with Crippen molar-refractivity contribution in [3.05, 3.63) is 82.4 Å². The lowest BCUT2D eigenvalue weighted by Crippen LogP contribution is -2.32. The fourth-order valence-corrected chi connectivity index (χ4v) is 3.55. The minimum absolute atomic E-state index is 0.0486. The van der Waals surface area contributed by atoms with Gasteiger partial charge in [0.25, 0.3) is 0 Å². The van der Waals surface area contributed by atoms with Crippen LogP contribution in [0.25, 0.3) is 0 Å². The summed E-state index contributed by atoms with van der Waals surface area (Å²) in [5.74, 6) is -0.296. The molecule has 1 unspecified atom stereocenters. The molecule has 0 N–H and O–H groups in total. The fourth-order valence-electron chi connectivity index (χ4n) is 3.22. The zero-order chi connectivity index (χ0) is 17.1. The lowest BCUT2D eigenvalue weighted by molar-refractivity contribution is -0.162. The van der Waals surface area contributed by atoms with Gasteiger partial charge in [0, 0.05) is 16.0 Å². The average molecular weight is 361 g/mol. The first-order valence-electron chi connectivity index (χ1n) is 7.91. The Hall–Kier alpha value is -1.77. The van der Waals surface area contributed by atoms with E-state index >= 15 is 0 Å². The molecule has 0 radical (unpaired) electrons. The van der Waals surface area contributed by atoms with Crippen LogP contribution in [0.3, 0.4) is 0 Å². The molecule has 2 nitrogen and oxygen atoms in total. The third-order valence-electron chi connectivity index (χ3n) is 4.41. The molecule has 1 aliphatic rings. The third kappa shape index (κ3) is 3.66. The first-order valence-corrected chi connectivity index (χ1v) is 8.66. The third-order valence-corrected chi connectivity index (χ3v) is 4.89. The van der Waals surface area contributed by atoms with Gasteiger partial charge in [0.2, 0.25) is 0 Å². The predicted octanol–water partition coefficient (Wildman–Crippen LogP) is 5.96. The molecule has 1 fully saturated rings. The number of halogens is 2. The van der Waals surface area contributed by atoms with Gasteiger partial charge in [-0.1, -0.05) is 53.5 Å². The summed E-state index contributed by atoms with van der Waals surface area (Å²) in [6, 6.07) is 15.2. The summed E-state index contributed by atoms with van der Waals surface area (Å²) in [6.45, 7) is 3.74. The molecule has 2 aromatic rings. The number of rotatable bonds is 4. The highest BCUT2D eigenvalue weighted by Gasteiger charge is 2.38. The van der Waals surface area contributed by atoms with Gasteiger partial charge in [-0.3, -0.25) is 4.79 Å². The standard InChI is InChI=1S/C20H18Cl2O2/c1-2-4-15-12-18(14-5-3-6-17(22)11-14)19(24-20(15)23)13-7-9-16(21)10-8-13/h2-3,5-11,15,18-19H,1,4,12H2/t15?,18-,19+/m1/s1. The molecule has 0 saturated carbocycles. The van der Waals surface area contributed by atoms with E-state index in [9.17, 15) is 4.79 Å². The van der Waals surface area contributed by atoms with Crippen molar-refractivity contribution in [2.24, 2.45) is 5.92 Å². The van der Waals surface area contributed by atoms with Crippen LogP contribution >= 0.6 is 23.2 Å². The van der Waals surface area contributed by atoms with Gasteiger partial charge in [-0.2, -0.15) is 0 Å². The van der Waals surface area contributed by atoms with Crippen LogP contribution in [0.4, 0.5) is 0 Å². The van der Waals surface area contributed by atoms with Gasteiger partial charge in [0.1, 0.15) is 6.10 Å². The molecule has 3 rings (SSSR count). The maximum atomic E-state index is 12.4. The van der Waals surface area contributed by atoms with E-state index in [1.807, 2.05) is 48.5 Å². The Labute approximate surface area is 152 Å². The number of carbonyl (C=O) groups excluding carboxylic acids is 1. The quantitative estimate of drug-likeness (QED) is 0.496. The summed E-state index contributed by atoms with van der Waals surface area (Å²) < 4.78 is 5.81. The van der Waals surface area contributed by atoms with Crippen molar-refractivity contribution >= 4 is 29.2 Å². The van der Waals surface area contributed by atoms with Crippen molar-refractivity contribution in [1.29, 1.82) is 0 Å². The number of hydrogen-bond donors (Lipinski definition) is 0. The Morgan fingerprint density at radius 3 is 2.50 bits per heavy atom. The van der Waals surface area contributed by atoms with Crippen molar-refractivity contribution in [3.63, 3.8) is 0 Å². The Morgan fingerprint density at radius 2 is 1.83 bits per heavy atom. The molecule has 1 saturated heterocycles. The maximum Gasteiger partial charge on any atom is 0.309 e. The Kier molecular flexibility index (Phi) is 5.27. The molecule has 24 heavy (non-hydrogen) atoms. The highest BCUT2D eigenvalue weighted by molar-refractivity contribution is 6.30. The lowest BCUT2D eigenvalue weighted by atomic mass is 9.79. The van der Waals surface area contributed by atoms with E-state index in [0.29, 0.717) is 22.9 Å². The smallest absolute Gasteiger partial charge is 0.309 e. The van der Waals surface area contributed by atoms with Crippen LogP contribution in [0.5, 0.6) is 0 Å². The minimum atomic E-state index is -0.339. The van der Waals surface area contributed by atoms with Crippen LogP contribution in [-0.4, -0.2) is 5.97 Å². The second kappa shape index (κ2) is 7.42. The number of carbonyl (C=O) groups is 1. The number of hydrogen-bond acceptors (Lipinski definition) is 2. The molecule has 2 aromatic carbocycles. The molecule has 3 atom stereocenters. The van der Waals surface area contributed by atoms with Crippen LogP contribution in [0.15, 0.2) is 61.2 Å². The van der Waals surface area contributed by atoms with Gasteiger partial charge >= 0.3 is 5.97 Å². The number of allylic oxidation sites excluding steroid dienone is 1. The maximum absolute atomic E-state index is 12.4. The highest BCUT2D eigenvalue weighted by Crippen LogP contribution is 2.44. The predicted molar refractivity (Wildman–Crippen MR) is 97.4 cm³/mol. The van der Waals surface area contributed by atoms with Crippen molar-refractivity contribution < 1.29 is 9.53 Å². The summed E-state index contributed by atoms with van der Waals surface area (Å²) >= 11 is 12.1. The number of esters is 1. The van der Waals surface area contributed by atoms with Crippen molar-refractivity contribution in [2.45, 2.75) is 24.9 Å². The van der Waals surface area contributed by atoms with Crippen LogP contribution in [0.1, 0.15) is 36.0 Å². The number of ether oxygens (including phenoxy) is 1. The Morgan fingerprint density at radius 1 is 1.08 bits per heavy atom. The molecule has 1 heterocycles. The van der Waals surface area contributed by atoms with Gasteiger partial charge in [-0.15, -0.1) is 6.58 Å². The zero-order valence-corrected chi connectivity index (χ0v) is 14.6. The van der Waals surface area contributed by atoms with Crippen LogP contribution in [0.2, 0.25) is 10.0 Å². The average Bonchev–Trinajstić information content (AvgIpc) is 2.57. The summed E-state index contributed by atoms with van der Waals surface area (Å²) in [6.07, 6.45) is 2.75. The molecule has 0 spiro atoms. The van der Waals surface area contributed by atoms with Crippen molar-refractivity contribution in [3.8, 4) is 0 Å². The SMILES string of the molecule is C=CCC1C[C@H](c2cccc(Cl)c2)[C@H](c2ccc(Cl)cc2)OC1=O. The fraction of sp³-hybridized carbons (Fsp3) is 0.250. The molecule has 124 valence electrons. The Bertz CT molecular complexity index is 740. The first-order chi connectivity index (χ1) is 11.6. The second-order valence-corrected chi connectivity index (χ2v) is 6.90. The largest absolute Gasteiger partial charge is 0.457 e. The van der Waals surface area contributed by atoms with Crippen molar-refractivity contribution in [1.82, 2.24) is 0 Å².